The average Bonchev–Trinajstić information content (AvgIpc) is 3.29. The van der Waals surface area contributed by atoms with Crippen molar-refractivity contribution < 1.29 is 0 Å². The molecule has 0 fully saturated rings. The van der Waals surface area contributed by atoms with Crippen LogP contribution in [0.3, 0.4) is 0 Å². The van der Waals surface area contributed by atoms with Crippen LogP contribution in [-0.2, 0) is 0 Å². The van der Waals surface area contributed by atoms with Crippen LogP contribution < -0.4 is 0 Å². The predicted octanol–water partition coefficient (Wildman–Crippen LogP) is 10.6. The molecule has 1 aliphatic rings. The van der Waals surface area contributed by atoms with Gasteiger partial charge in [0.2, 0.25) is 0 Å². The zero-order valence-electron chi connectivity index (χ0n) is 23.6. The first kappa shape index (κ1) is 29.8. The molecule has 1 aliphatic heterocycles. The summed E-state index contributed by atoms with van der Waals surface area (Å²) in [6, 6.07) is 11.2. The van der Waals surface area contributed by atoms with E-state index in [4.69, 9.17) is 0 Å². The zero-order chi connectivity index (χ0) is 24.8. The Kier molecular flexibility index (Phi) is 17.6. The Morgan fingerprint density at radius 3 is 1.17 bits per heavy atom. The lowest BCUT2D eigenvalue weighted by molar-refractivity contribution is 0.149. The minimum Gasteiger partial charge on any atom is -0.352 e. The standard InChI is InChI=1S/C33H58N2/c1-3-5-7-9-11-12-13-14-15-16-18-20-25-29-35-31-30-34(28-24-19-17-10-8-6-4-2)33(35)32-26-22-21-23-27-32/h21-23,26-27,30-31,33H,3-20,24-25,28-29H2,1-2H3. The highest BCUT2D eigenvalue weighted by Gasteiger charge is 2.26. The summed E-state index contributed by atoms with van der Waals surface area (Å²) in [6.45, 7) is 6.96. The zero-order valence-corrected chi connectivity index (χ0v) is 23.6. The van der Waals surface area contributed by atoms with E-state index < -0.39 is 0 Å². The maximum Gasteiger partial charge on any atom is 0.127 e. The third-order valence-corrected chi connectivity index (χ3v) is 7.72. The van der Waals surface area contributed by atoms with Gasteiger partial charge in [-0.05, 0) is 18.4 Å². The van der Waals surface area contributed by atoms with Gasteiger partial charge in [-0.2, -0.15) is 0 Å². The summed E-state index contributed by atoms with van der Waals surface area (Å²) < 4.78 is 0. The second-order valence-corrected chi connectivity index (χ2v) is 10.9. The second kappa shape index (κ2) is 20.7. The molecule has 2 heteroatoms. The molecule has 0 saturated carbocycles. The van der Waals surface area contributed by atoms with Crippen LogP contribution >= 0.6 is 0 Å². The van der Waals surface area contributed by atoms with E-state index >= 15 is 0 Å². The van der Waals surface area contributed by atoms with Crippen molar-refractivity contribution in [3.05, 3.63) is 48.3 Å². The Labute approximate surface area is 219 Å². The number of nitrogens with zero attached hydrogens (tertiary/aromatic N) is 2. The molecule has 200 valence electrons. The minimum atomic E-state index is 0.397. The monoisotopic (exact) mass is 482 g/mol. The second-order valence-electron chi connectivity index (χ2n) is 10.9. The van der Waals surface area contributed by atoms with Crippen LogP contribution in [0, 0.1) is 0 Å². The molecule has 2 rings (SSSR count). The molecule has 2 nitrogen and oxygen atoms in total. The van der Waals surface area contributed by atoms with E-state index in [0.29, 0.717) is 6.17 Å². The molecule has 0 spiro atoms. The third-order valence-electron chi connectivity index (χ3n) is 7.72. The minimum absolute atomic E-state index is 0.397. The first-order chi connectivity index (χ1) is 17.4. The molecule has 1 unspecified atom stereocenters. The SMILES string of the molecule is CCCCCCCCCCCCCCCN1C=CN(CCCCCCCCC)C1c1ccccc1. The summed E-state index contributed by atoms with van der Waals surface area (Å²) in [7, 11) is 0. The lowest BCUT2D eigenvalue weighted by Crippen LogP contribution is -2.32. The Bertz CT molecular complexity index is 611. The molecule has 0 amide bonds. The van der Waals surface area contributed by atoms with Gasteiger partial charge < -0.3 is 9.80 Å². The van der Waals surface area contributed by atoms with Crippen molar-refractivity contribution >= 4 is 0 Å². The maximum absolute atomic E-state index is 2.59. The summed E-state index contributed by atoms with van der Waals surface area (Å²) in [5.41, 5.74) is 1.44. The van der Waals surface area contributed by atoms with E-state index in [2.05, 4.69) is 66.4 Å². The van der Waals surface area contributed by atoms with Crippen LogP contribution in [0.2, 0.25) is 0 Å². The van der Waals surface area contributed by atoms with Gasteiger partial charge in [-0.15, -0.1) is 0 Å². The van der Waals surface area contributed by atoms with E-state index in [1.807, 2.05) is 0 Å². The van der Waals surface area contributed by atoms with Gasteiger partial charge in [-0.1, -0.05) is 160 Å². The predicted molar refractivity (Wildman–Crippen MR) is 155 cm³/mol. The molecule has 1 heterocycles. The first-order valence-corrected chi connectivity index (χ1v) is 15.6. The van der Waals surface area contributed by atoms with Crippen molar-refractivity contribution in [3.63, 3.8) is 0 Å². The molecule has 35 heavy (non-hydrogen) atoms. The molecular formula is C33H58N2. The highest BCUT2D eigenvalue weighted by Crippen LogP contribution is 2.31. The van der Waals surface area contributed by atoms with E-state index in [1.54, 1.807) is 0 Å². The Morgan fingerprint density at radius 1 is 0.457 bits per heavy atom. The summed E-state index contributed by atoms with van der Waals surface area (Å²) in [5.74, 6) is 0. The van der Waals surface area contributed by atoms with Gasteiger partial charge in [-0.25, -0.2) is 0 Å². The molecule has 1 atom stereocenters. The molecule has 0 aliphatic carbocycles. The lowest BCUT2D eigenvalue weighted by Gasteiger charge is -2.33. The van der Waals surface area contributed by atoms with E-state index in [9.17, 15) is 0 Å². The van der Waals surface area contributed by atoms with Crippen LogP contribution in [0.4, 0.5) is 0 Å². The topological polar surface area (TPSA) is 6.48 Å². The number of rotatable bonds is 23. The number of hydrogen-bond donors (Lipinski definition) is 0. The van der Waals surface area contributed by atoms with Gasteiger partial charge in [0.15, 0.2) is 0 Å². The molecule has 1 aromatic carbocycles. The Balaban J connectivity index is 1.59. The van der Waals surface area contributed by atoms with Gasteiger partial charge in [0.05, 0.1) is 0 Å². The van der Waals surface area contributed by atoms with Crippen molar-refractivity contribution in [1.82, 2.24) is 9.80 Å². The summed E-state index contributed by atoms with van der Waals surface area (Å²) in [6.07, 6.45) is 33.3. The van der Waals surface area contributed by atoms with Crippen molar-refractivity contribution in [2.45, 2.75) is 148 Å². The van der Waals surface area contributed by atoms with Gasteiger partial charge in [-0.3, -0.25) is 0 Å². The summed E-state index contributed by atoms with van der Waals surface area (Å²) in [4.78, 5) is 5.18. The maximum atomic E-state index is 2.59. The molecule has 0 bridgehead atoms. The van der Waals surface area contributed by atoms with Gasteiger partial charge in [0.25, 0.3) is 0 Å². The van der Waals surface area contributed by atoms with Gasteiger partial charge >= 0.3 is 0 Å². The van der Waals surface area contributed by atoms with Crippen LogP contribution in [0.25, 0.3) is 0 Å². The highest BCUT2D eigenvalue weighted by molar-refractivity contribution is 5.21. The molecule has 0 saturated heterocycles. The molecule has 0 N–H and O–H groups in total. The smallest absolute Gasteiger partial charge is 0.127 e. The van der Waals surface area contributed by atoms with Gasteiger partial charge in [0, 0.05) is 25.5 Å². The molecular weight excluding hydrogens is 424 g/mol. The van der Waals surface area contributed by atoms with E-state index in [0.717, 1.165) is 0 Å². The van der Waals surface area contributed by atoms with Crippen molar-refractivity contribution in [1.29, 1.82) is 0 Å². The quantitative estimate of drug-likeness (QED) is 0.143. The fourth-order valence-corrected chi connectivity index (χ4v) is 5.49. The Morgan fingerprint density at radius 2 is 0.800 bits per heavy atom. The fourth-order valence-electron chi connectivity index (χ4n) is 5.49. The molecule has 0 radical (unpaired) electrons. The highest BCUT2D eigenvalue weighted by atomic mass is 15.4. The summed E-state index contributed by atoms with van der Waals surface area (Å²) in [5, 5.41) is 0. The summed E-state index contributed by atoms with van der Waals surface area (Å²) >= 11 is 0. The van der Waals surface area contributed by atoms with Crippen LogP contribution in [0.1, 0.15) is 154 Å². The largest absolute Gasteiger partial charge is 0.352 e. The van der Waals surface area contributed by atoms with Gasteiger partial charge in [0.1, 0.15) is 6.17 Å². The molecule has 1 aromatic rings. The van der Waals surface area contributed by atoms with E-state index in [-0.39, 0.29) is 0 Å². The van der Waals surface area contributed by atoms with Crippen molar-refractivity contribution in [3.8, 4) is 0 Å². The third kappa shape index (κ3) is 13.4. The number of unbranched alkanes of at least 4 members (excludes halogenated alkanes) is 18. The Hall–Kier alpha value is -1.44. The number of benzene rings is 1. The fraction of sp³-hybridized carbons (Fsp3) is 0.758. The van der Waals surface area contributed by atoms with Crippen LogP contribution in [-0.4, -0.2) is 22.9 Å². The first-order valence-electron chi connectivity index (χ1n) is 15.6. The van der Waals surface area contributed by atoms with Crippen LogP contribution in [0.5, 0.6) is 0 Å². The molecule has 0 aromatic heterocycles. The van der Waals surface area contributed by atoms with Crippen molar-refractivity contribution in [2.75, 3.05) is 13.1 Å². The average molecular weight is 483 g/mol. The normalized spacial score (nSPS) is 15.4. The van der Waals surface area contributed by atoms with E-state index in [1.165, 1.54) is 147 Å². The van der Waals surface area contributed by atoms with Crippen LogP contribution in [0.15, 0.2) is 42.7 Å². The lowest BCUT2D eigenvalue weighted by atomic mass is 10.0. The number of hydrogen-bond acceptors (Lipinski definition) is 2. The van der Waals surface area contributed by atoms with Crippen molar-refractivity contribution in [2.24, 2.45) is 0 Å².